The van der Waals surface area contributed by atoms with Crippen molar-refractivity contribution in [3.8, 4) is 5.75 Å². The standard InChI is InChI=1S/C21H19ClN4O4/c1-30-16-8-6-15(7-9-16)24-21(29)18-10-11-20(28)26(25-18)13-19(27)23-12-14-4-2-3-5-17(14)22/h2-11H,12-13H2,1H3,(H,23,27)(H,24,29). The number of hydrogen-bond acceptors (Lipinski definition) is 5. The summed E-state index contributed by atoms with van der Waals surface area (Å²) in [4.78, 5) is 36.7. The first-order chi connectivity index (χ1) is 14.5. The Labute approximate surface area is 177 Å². The second kappa shape index (κ2) is 9.71. The van der Waals surface area contributed by atoms with Crippen molar-refractivity contribution in [1.82, 2.24) is 15.1 Å². The summed E-state index contributed by atoms with van der Waals surface area (Å²) in [6, 6.07) is 16.4. The molecule has 0 radical (unpaired) electrons. The summed E-state index contributed by atoms with van der Waals surface area (Å²) in [5.74, 6) is -0.287. The van der Waals surface area contributed by atoms with Gasteiger partial charge in [0.15, 0.2) is 0 Å². The van der Waals surface area contributed by atoms with Crippen LogP contribution in [0.15, 0.2) is 65.5 Å². The molecule has 0 saturated carbocycles. The molecule has 3 aromatic rings. The maximum Gasteiger partial charge on any atom is 0.276 e. The van der Waals surface area contributed by atoms with Gasteiger partial charge in [-0.15, -0.1) is 0 Å². The van der Waals surface area contributed by atoms with E-state index in [1.165, 1.54) is 12.1 Å². The third kappa shape index (κ3) is 5.45. The summed E-state index contributed by atoms with van der Waals surface area (Å²) >= 11 is 6.06. The van der Waals surface area contributed by atoms with Crippen LogP contribution in [0, 0.1) is 0 Å². The molecule has 2 N–H and O–H groups in total. The normalized spacial score (nSPS) is 10.3. The zero-order valence-electron chi connectivity index (χ0n) is 16.1. The summed E-state index contributed by atoms with van der Waals surface area (Å²) < 4.78 is 6.01. The fourth-order valence-corrected chi connectivity index (χ4v) is 2.78. The zero-order valence-corrected chi connectivity index (χ0v) is 16.8. The third-order valence-electron chi connectivity index (χ3n) is 4.17. The molecule has 8 nitrogen and oxygen atoms in total. The Morgan fingerprint density at radius 3 is 2.50 bits per heavy atom. The Bertz CT molecular complexity index is 1110. The molecular weight excluding hydrogens is 408 g/mol. The molecule has 1 heterocycles. The molecule has 0 bridgehead atoms. The fourth-order valence-electron chi connectivity index (χ4n) is 2.58. The van der Waals surface area contributed by atoms with E-state index in [1.807, 2.05) is 6.07 Å². The number of hydrogen-bond donors (Lipinski definition) is 2. The molecular formula is C21H19ClN4O4. The van der Waals surface area contributed by atoms with Gasteiger partial charge < -0.3 is 15.4 Å². The Hall–Kier alpha value is -3.65. The number of amides is 2. The van der Waals surface area contributed by atoms with E-state index >= 15 is 0 Å². The maximum atomic E-state index is 12.4. The van der Waals surface area contributed by atoms with Crippen LogP contribution < -0.4 is 20.9 Å². The maximum absolute atomic E-state index is 12.4. The molecule has 0 atom stereocenters. The second-order valence-corrected chi connectivity index (χ2v) is 6.67. The van der Waals surface area contributed by atoms with E-state index in [0.29, 0.717) is 16.5 Å². The van der Waals surface area contributed by atoms with Crippen LogP contribution >= 0.6 is 11.6 Å². The third-order valence-corrected chi connectivity index (χ3v) is 4.54. The van der Waals surface area contributed by atoms with Crippen molar-refractivity contribution >= 4 is 29.1 Å². The van der Waals surface area contributed by atoms with Crippen molar-refractivity contribution in [2.45, 2.75) is 13.1 Å². The lowest BCUT2D eigenvalue weighted by molar-refractivity contribution is -0.122. The highest BCUT2D eigenvalue weighted by molar-refractivity contribution is 6.31. The highest BCUT2D eigenvalue weighted by atomic mass is 35.5. The number of ether oxygens (including phenoxy) is 1. The molecule has 2 aromatic carbocycles. The minimum absolute atomic E-state index is 0.00400. The van der Waals surface area contributed by atoms with Crippen LogP contribution in [-0.2, 0) is 17.9 Å². The van der Waals surface area contributed by atoms with Crippen molar-refractivity contribution in [3.05, 3.63) is 87.3 Å². The van der Waals surface area contributed by atoms with Gasteiger partial charge in [0.25, 0.3) is 11.5 Å². The highest BCUT2D eigenvalue weighted by Gasteiger charge is 2.12. The number of methoxy groups -OCH3 is 1. The van der Waals surface area contributed by atoms with Crippen LogP contribution in [0.1, 0.15) is 16.1 Å². The van der Waals surface area contributed by atoms with Crippen molar-refractivity contribution in [2.75, 3.05) is 12.4 Å². The van der Waals surface area contributed by atoms with E-state index in [2.05, 4.69) is 15.7 Å². The predicted molar refractivity (Wildman–Crippen MR) is 113 cm³/mol. The van der Waals surface area contributed by atoms with Crippen LogP contribution in [0.2, 0.25) is 5.02 Å². The molecule has 0 aliphatic carbocycles. The van der Waals surface area contributed by atoms with Crippen LogP contribution in [-0.4, -0.2) is 28.7 Å². The average Bonchev–Trinajstić information content (AvgIpc) is 2.75. The Morgan fingerprint density at radius 1 is 1.07 bits per heavy atom. The van der Waals surface area contributed by atoms with Gasteiger partial charge in [0.2, 0.25) is 5.91 Å². The predicted octanol–water partition coefficient (Wildman–Crippen LogP) is 2.47. The van der Waals surface area contributed by atoms with Gasteiger partial charge in [-0.3, -0.25) is 14.4 Å². The zero-order chi connectivity index (χ0) is 21.5. The van der Waals surface area contributed by atoms with E-state index in [0.717, 1.165) is 10.2 Å². The van der Waals surface area contributed by atoms with Gasteiger partial charge in [-0.2, -0.15) is 5.10 Å². The van der Waals surface area contributed by atoms with Crippen molar-refractivity contribution in [2.24, 2.45) is 0 Å². The van der Waals surface area contributed by atoms with Gasteiger partial charge in [-0.1, -0.05) is 29.8 Å². The van der Waals surface area contributed by atoms with Gasteiger partial charge in [-0.05, 0) is 42.0 Å². The first-order valence-electron chi connectivity index (χ1n) is 9.00. The van der Waals surface area contributed by atoms with Crippen molar-refractivity contribution in [3.63, 3.8) is 0 Å². The number of nitrogens with one attached hydrogen (secondary N) is 2. The molecule has 3 rings (SSSR count). The number of rotatable bonds is 7. The second-order valence-electron chi connectivity index (χ2n) is 6.27. The van der Waals surface area contributed by atoms with Gasteiger partial charge in [0, 0.05) is 23.3 Å². The highest BCUT2D eigenvalue weighted by Crippen LogP contribution is 2.16. The number of carbonyl (C=O) groups excluding carboxylic acids is 2. The lowest BCUT2D eigenvalue weighted by atomic mass is 10.2. The monoisotopic (exact) mass is 426 g/mol. The summed E-state index contributed by atoms with van der Waals surface area (Å²) in [5.41, 5.74) is 0.798. The number of nitrogens with zero attached hydrogens (tertiary/aromatic N) is 2. The molecule has 154 valence electrons. The van der Waals surface area contributed by atoms with Crippen molar-refractivity contribution in [1.29, 1.82) is 0 Å². The quantitative estimate of drug-likeness (QED) is 0.604. The average molecular weight is 427 g/mol. The minimum Gasteiger partial charge on any atom is -0.497 e. The summed E-state index contributed by atoms with van der Waals surface area (Å²) in [5, 5.41) is 9.88. The Morgan fingerprint density at radius 2 is 1.80 bits per heavy atom. The van der Waals surface area contributed by atoms with E-state index < -0.39 is 17.4 Å². The molecule has 0 aliphatic heterocycles. The molecule has 1 aromatic heterocycles. The summed E-state index contributed by atoms with van der Waals surface area (Å²) in [7, 11) is 1.55. The SMILES string of the molecule is COc1ccc(NC(=O)c2ccc(=O)n(CC(=O)NCc3ccccc3Cl)n2)cc1. The number of carbonyl (C=O) groups is 2. The van der Waals surface area contributed by atoms with E-state index in [9.17, 15) is 14.4 Å². The fraction of sp³-hybridized carbons (Fsp3) is 0.143. The smallest absolute Gasteiger partial charge is 0.276 e. The molecule has 9 heteroatoms. The molecule has 2 amide bonds. The summed E-state index contributed by atoms with van der Waals surface area (Å²) in [6.07, 6.45) is 0. The first-order valence-corrected chi connectivity index (χ1v) is 9.38. The Balaban J connectivity index is 1.65. The van der Waals surface area contributed by atoms with Crippen LogP contribution in [0.5, 0.6) is 5.75 Å². The van der Waals surface area contributed by atoms with Crippen molar-refractivity contribution < 1.29 is 14.3 Å². The minimum atomic E-state index is -0.509. The largest absolute Gasteiger partial charge is 0.497 e. The lowest BCUT2D eigenvalue weighted by Gasteiger charge is -2.09. The first kappa shape index (κ1) is 21.1. The van der Waals surface area contributed by atoms with Crippen LogP contribution in [0.3, 0.4) is 0 Å². The molecule has 0 unspecified atom stereocenters. The number of halogens is 1. The molecule has 0 saturated heterocycles. The van der Waals surface area contributed by atoms with E-state index in [-0.39, 0.29) is 18.8 Å². The van der Waals surface area contributed by atoms with Crippen LogP contribution in [0.25, 0.3) is 0 Å². The topological polar surface area (TPSA) is 102 Å². The number of anilines is 1. The van der Waals surface area contributed by atoms with Gasteiger partial charge in [0.1, 0.15) is 18.0 Å². The van der Waals surface area contributed by atoms with Gasteiger partial charge in [0.05, 0.1) is 7.11 Å². The molecule has 30 heavy (non-hydrogen) atoms. The lowest BCUT2D eigenvalue weighted by Crippen LogP contribution is -2.34. The molecule has 0 fully saturated rings. The number of benzene rings is 2. The van der Waals surface area contributed by atoms with E-state index in [1.54, 1.807) is 49.6 Å². The number of aromatic nitrogens is 2. The van der Waals surface area contributed by atoms with Gasteiger partial charge >= 0.3 is 0 Å². The van der Waals surface area contributed by atoms with E-state index in [4.69, 9.17) is 16.3 Å². The molecule has 0 spiro atoms. The summed E-state index contributed by atoms with van der Waals surface area (Å²) in [6.45, 7) is -0.113. The Kier molecular flexibility index (Phi) is 6.82. The van der Waals surface area contributed by atoms with Gasteiger partial charge in [-0.25, -0.2) is 4.68 Å². The van der Waals surface area contributed by atoms with Crippen LogP contribution in [0.4, 0.5) is 5.69 Å². The molecule has 0 aliphatic rings.